The number of halogens is 1. The zero-order valence-corrected chi connectivity index (χ0v) is 9.43. The van der Waals surface area contributed by atoms with Gasteiger partial charge in [-0.1, -0.05) is 12.0 Å². The fraction of sp³-hybridized carbons (Fsp3) is 0.308. The summed E-state index contributed by atoms with van der Waals surface area (Å²) in [6.07, 6.45) is 5.04. The van der Waals surface area contributed by atoms with Gasteiger partial charge in [-0.05, 0) is 31.0 Å². The lowest BCUT2D eigenvalue weighted by Crippen LogP contribution is -2.24. The summed E-state index contributed by atoms with van der Waals surface area (Å²) in [5.41, 5.74) is 1.61. The zero-order valence-electron chi connectivity index (χ0n) is 9.43. The molecular weight excluding hydrogens is 205 g/mol. The second-order valence-corrected chi connectivity index (χ2v) is 3.67. The van der Waals surface area contributed by atoms with E-state index in [-0.39, 0.29) is 17.9 Å². The zero-order chi connectivity index (χ0) is 12.1. The summed E-state index contributed by atoms with van der Waals surface area (Å²) in [7, 11) is 0. The van der Waals surface area contributed by atoms with E-state index >= 15 is 0 Å². The molecule has 0 aliphatic heterocycles. The van der Waals surface area contributed by atoms with Crippen molar-refractivity contribution in [3.05, 3.63) is 34.6 Å². The smallest absolute Gasteiger partial charge is 0.179 e. The minimum absolute atomic E-state index is 0.0605. The number of terminal acetylenes is 1. The summed E-state index contributed by atoms with van der Waals surface area (Å²) in [6, 6.07) is 3.15. The molecule has 0 fully saturated rings. The molecule has 1 N–H and O–H groups in total. The van der Waals surface area contributed by atoms with E-state index in [0.717, 1.165) is 5.56 Å². The van der Waals surface area contributed by atoms with E-state index in [2.05, 4.69) is 11.2 Å². The molecule has 0 spiro atoms. The van der Waals surface area contributed by atoms with E-state index in [0.29, 0.717) is 12.1 Å². The minimum Gasteiger partial charge on any atom is -0.299 e. The van der Waals surface area contributed by atoms with Crippen LogP contribution in [0.3, 0.4) is 0 Å². The minimum atomic E-state index is -0.468. The number of carbonyl (C=O) groups excluding carboxylic acids is 1. The maximum atomic E-state index is 13.6. The van der Waals surface area contributed by atoms with Crippen molar-refractivity contribution in [1.29, 1.82) is 0 Å². The molecule has 1 aromatic carbocycles. The fourth-order valence-corrected chi connectivity index (χ4v) is 1.61. The van der Waals surface area contributed by atoms with Gasteiger partial charge in [0, 0.05) is 0 Å². The SMILES string of the molecule is C#CCNCC(=O)c1c(C)cc(C)cc1F. The number of carbonyl (C=O) groups is 1. The van der Waals surface area contributed by atoms with E-state index in [4.69, 9.17) is 6.42 Å². The first-order valence-corrected chi connectivity index (χ1v) is 5.00. The highest BCUT2D eigenvalue weighted by molar-refractivity contribution is 5.99. The Labute approximate surface area is 94.9 Å². The Morgan fingerprint density at radius 3 is 2.75 bits per heavy atom. The lowest BCUT2D eigenvalue weighted by Gasteiger charge is -2.07. The molecule has 16 heavy (non-hydrogen) atoms. The van der Waals surface area contributed by atoms with Crippen LogP contribution in [0.15, 0.2) is 12.1 Å². The number of Topliss-reactive ketones (excluding diaryl/α,β-unsaturated/α-hetero) is 1. The van der Waals surface area contributed by atoms with Crippen LogP contribution >= 0.6 is 0 Å². The van der Waals surface area contributed by atoms with Crippen molar-refractivity contribution in [3.8, 4) is 12.3 Å². The van der Waals surface area contributed by atoms with E-state index in [1.807, 2.05) is 0 Å². The van der Waals surface area contributed by atoms with E-state index in [9.17, 15) is 9.18 Å². The van der Waals surface area contributed by atoms with Crippen molar-refractivity contribution in [2.24, 2.45) is 0 Å². The van der Waals surface area contributed by atoms with Crippen LogP contribution in [0, 0.1) is 32.0 Å². The topological polar surface area (TPSA) is 29.1 Å². The lowest BCUT2D eigenvalue weighted by atomic mass is 10.0. The summed E-state index contributed by atoms with van der Waals surface area (Å²) in [6.45, 7) is 3.88. The molecule has 0 aromatic heterocycles. The van der Waals surface area contributed by atoms with Crippen LogP contribution in [0.5, 0.6) is 0 Å². The van der Waals surface area contributed by atoms with Gasteiger partial charge in [0.1, 0.15) is 5.82 Å². The average molecular weight is 219 g/mol. The Kier molecular flexibility index (Phi) is 4.21. The molecule has 0 saturated heterocycles. The molecule has 0 bridgehead atoms. The van der Waals surface area contributed by atoms with Crippen molar-refractivity contribution in [3.63, 3.8) is 0 Å². The Bertz CT molecular complexity index is 423. The monoisotopic (exact) mass is 219 g/mol. The molecule has 2 nitrogen and oxygen atoms in total. The third-order valence-electron chi connectivity index (χ3n) is 2.22. The van der Waals surface area contributed by atoms with Crippen molar-refractivity contribution >= 4 is 5.78 Å². The van der Waals surface area contributed by atoms with Crippen molar-refractivity contribution in [2.45, 2.75) is 13.8 Å². The molecule has 0 unspecified atom stereocenters. The maximum absolute atomic E-state index is 13.6. The van der Waals surface area contributed by atoms with Gasteiger partial charge in [-0.15, -0.1) is 6.42 Å². The largest absolute Gasteiger partial charge is 0.299 e. The third kappa shape index (κ3) is 2.91. The Morgan fingerprint density at radius 2 is 2.19 bits per heavy atom. The van der Waals surface area contributed by atoms with Gasteiger partial charge in [0.15, 0.2) is 5.78 Å². The van der Waals surface area contributed by atoms with Crippen LogP contribution in [-0.2, 0) is 0 Å². The fourth-order valence-electron chi connectivity index (χ4n) is 1.61. The maximum Gasteiger partial charge on any atom is 0.179 e. The molecule has 0 amide bonds. The molecule has 1 rings (SSSR count). The molecule has 0 radical (unpaired) electrons. The summed E-state index contributed by atoms with van der Waals surface area (Å²) in [5.74, 6) is 1.62. The average Bonchev–Trinajstić information content (AvgIpc) is 2.16. The Morgan fingerprint density at radius 1 is 1.50 bits per heavy atom. The van der Waals surface area contributed by atoms with E-state index in [1.54, 1.807) is 19.9 Å². The number of nitrogens with one attached hydrogen (secondary N) is 1. The van der Waals surface area contributed by atoms with Crippen LogP contribution in [0.25, 0.3) is 0 Å². The second-order valence-electron chi connectivity index (χ2n) is 3.67. The predicted molar refractivity (Wildman–Crippen MR) is 61.9 cm³/mol. The summed E-state index contributed by atoms with van der Waals surface area (Å²) >= 11 is 0. The van der Waals surface area contributed by atoms with Gasteiger partial charge in [0.25, 0.3) is 0 Å². The van der Waals surface area contributed by atoms with Crippen LogP contribution in [0.4, 0.5) is 4.39 Å². The van der Waals surface area contributed by atoms with Crippen molar-refractivity contribution in [1.82, 2.24) is 5.32 Å². The molecule has 0 heterocycles. The van der Waals surface area contributed by atoms with Gasteiger partial charge in [-0.2, -0.15) is 0 Å². The first-order chi connectivity index (χ1) is 7.56. The van der Waals surface area contributed by atoms with Crippen LogP contribution < -0.4 is 5.32 Å². The highest BCUT2D eigenvalue weighted by Crippen LogP contribution is 2.15. The van der Waals surface area contributed by atoms with Crippen molar-refractivity contribution in [2.75, 3.05) is 13.1 Å². The normalized spacial score (nSPS) is 9.88. The molecule has 0 saturated carbocycles. The summed E-state index contributed by atoms with van der Waals surface area (Å²) < 4.78 is 13.6. The van der Waals surface area contributed by atoms with Gasteiger partial charge >= 0.3 is 0 Å². The molecule has 3 heteroatoms. The van der Waals surface area contributed by atoms with Gasteiger partial charge in [-0.25, -0.2) is 4.39 Å². The van der Waals surface area contributed by atoms with E-state index in [1.165, 1.54) is 6.07 Å². The highest BCUT2D eigenvalue weighted by Gasteiger charge is 2.14. The van der Waals surface area contributed by atoms with E-state index < -0.39 is 5.82 Å². The third-order valence-corrected chi connectivity index (χ3v) is 2.22. The standard InChI is InChI=1S/C13H14FNO/c1-4-5-15-8-12(16)13-10(3)6-9(2)7-11(13)14/h1,6-7,15H,5,8H2,2-3H3. The summed E-state index contributed by atoms with van der Waals surface area (Å²) in [5, 5.41) is 2.75. The second kappa shape index (κ2) is 5.43. The quantitative estimate of drug-likeness (QED) is 0.475. The molecular formula is C13H14FNO. The van der Waals surface area contributed by atoms with Gasteiger partial charge in [-0.3, -0.25) is 10.1 Å². The lowest BCUT2D eigenvalue weighted by molar-refractivity contribution is 0.0988. The van der Waals surface area contributed by atoms with Crippen LogP contribution in [0.2, 0.25) is 0 Å². The molecule has 84 valence electrons. The number of ketones is 1. The predicted octanol–water partition coefficient (Wildman–Crippen LogP) is 1.85. The van der Waals surface area contributed by atoms with Crippen molar-refractivity contribution < 1.29 is 9.18 Å². The number of rotatable bonds is 4. The Balaban J connectivity index is 2.88. The van der Waals surface area contributed by atoms with Crippen LogP contribution in [0.1, 0.15) is 21.5 Å². The number of benzene rings is 1. The van der Waals surface area contributed by atoms with Gasteiger partial charge in [0.2, 0.25) is 0 Å². The van der Waals surface area contributed by atoms with Gasteiger partial charge in [0.05, 0.1) is 18.7 Å². The Hall–Kier alpha value is -1.66. The highest BCUT2D eigenvalue weighted by atomic mass is 19.1. The molecule has 0 aliphatic rings. The number of hydrogen-bond donors (Lipinski definition) is 1. The first kappa shape index (κ1) is 12.4. The number of hydrogen-bond acceptors (Lipinski definition) is 2. The van der Waals surface area contributed by atoms with Crippen LogP contribution in [-0.4, -0.2) is 18.9 Å². The molecule has 0 aliphatic carbocycles. The summed E-state index contributed by atoms with van der Waals surface area (Å²) in [4.78, 5) is 11.7. The first-order valence-electron chi connectivity index (χ1n) is 5.00. The molecule has 1 aromatic rings. The van der Waals surface area contributed by atoms with Gasteiger partial charge < -0.3 is 0 Å². The number of aryl methyl sites for hydroxylation is 2. The molecule has 0 atom stereocenters.